The number of carbonyl (C=O) groups excluding carboxylic acids is 1. The molecule has 1 amide bonds. The first kappa shape index (κ1) is 35.4. The van der Waals surface area contributed by atoms with Crippen LogP contribution in [-0.2, 0) is 25.8 Å². The first-order valence-corrected chi connectivity index (χ1v) is 17.6. The summed E-state index contributed by atoms with van der Waals surface area (Å²) in [6, 6.07) is 28.8. The number of ether oxygens (including phenoxy) is 2. The van der Waals surface area contributed by atoms with Gasteiger partial charge in [0.2, 0.25) is 5.90 Å². The topological polar surface area (TPSA) is 175 Å². The summed E-state index contributed by atoms with van der Waals surface area (Å²) in [5, 5.41) is 13.5. The van der Waals surface area contributed by atoms with Crippen LogP contribution in [0, 0.1) is 0 Å². The van der Waals surface area contributed by atoms with Crippen molar-refractivity contribution in [1.29, 1.82) is 0 Å². The third kappa shape index (κ3) is 8.58. The molecule has 0 fully saturated rings. The first-order chi connectivity index (χ1) is 23.8. The highest BCUT2D eigenvalue weighted by Crippen LogP contribution is 2.45. The zero-order chi connectivity index (χ0) is 34.7. The number of aliphatic hydroxyl groups is 1. The Morgan fingerprint density at radius 3 is 2.47 bits per heavy atom. The van der Waals surface area contributed by atoms with Crippen molar-refractivity contribution in [3.8, 4) is 5.75 Å². The SMILES string of the molecule is [N-]=[N+]=Nc1ccccc1[C@@H]1OC(c2ccc(OCCCO)cc2)=N[C@]1(CCS(=O)(=O)c1ccccc1)C(=O)NNCCc1ccccc1Cl. The van der Waals surface area contributed by atoms with E-state index in [9.17, 15) is 18.7 Å². The van der Waals surface area contributed by atoms with Gasteiger partial charge >= 0.3 is 0 Å². The molecule has 0 unspecified atom stereocenters. The number of carbonyl (C=O) groups is 1. The lowest BCUT2D eigenvalue weighted by Gasteiger charge is -2.31. The van der Waals surface area contributed by atoms with Gasteiger partial charge in [-0.2, -0.15) is 0 Å². The fraction of sp³-hybridized carbons (Fsp3) is 0.257. The summed E-state index contributed by atoms with van der Waals surface area (Å²) in [5.74, 6) is -0.440. The van der Waals surface area contributed by atoms with E-state index in [1.54, 1.807) is 72.8 Å². The quantitative estimate of drug-likeness (QED) is 0.0420. The van der Waals surface area contributed by atoms with Gasteiger partial charge in [0.25, 0.3) is 5.91 Å². The molecule has 4 aromatic rings. The number of amides is 1. The molecule has 0 aromatic heterocycles. The van der Waals surface area contributed by atoms with E-state index in [2.05, 4.69) is 20.9 Å². The highest BCUT2D eigenvalue weighted by molar-refractivity contribution is 7.91. The molecule has 0 saturated carbocycles. The van der Waals surface area contributed by atoms with E-state index in [0.717, 1.165) is 5.56 Å². The molecule has 14 heteroatoms. The van der Waals surface area contributed by atoms with Crippen LogP contribution in [0.25, 0.3) is 10.4 Å². The lowest BCUT2D eigenvalue weighted by Crippen LogP contribution is -2.53. The molecule has 0 spiro atoms. The van der Waals surface area contributed by atoms with E-state index in [-0.39, 0.29) is 29.5 Å². The van der Waals surface area contributed by atoms with Gasteiger partial charge in [-0.05, 0) is 60.0 Å². The Labute approximate surface area is 289 Å². The molecule has 1 aliphatic rings. The second-order valence-electron chi connectivity index (χ2n) is 11.1. The number of benzene rings is 4. The normalized spacial score (nSPS) is 17.0. The van der Waals surface area contributed by atoms with Crippen LogP contribution in [0.15, 0.2) is 118 Å². The average Bonchev–Trinajstić information content (AvgIpc) is 3.52. The minimum atomic E-state index is -3.87. The van der Waals surface area contributed by atoms with Crippen molar-refractivity contribution in [1.82, 2.24) is 10.9 Å². The molecule has 254 valence electrons. The number of aliphatic imine (C=N–C) groups is 1. The van der Waals surface area contributed by atoms with Crippen LogP contribution in [-0.4, -0.2) is 56.4 Å². The molecule has 0 saturated heterocycles. The summed E-state index contributed by atoms with van der Waals surface area (Å²) < 4.78 is 39.2. The number of rotatable bonds is 16. The molecule has 5 rings (SSSR count). The number of nitrogens with one attached hydrogen (secondary N) is 2. The number of nitrogens with zero attached hydrogens (tertiary/aromatic N) is 4. The van der Waals surface area contributed by atoms with Crippen molar-refractivity contribution in [2.75, 3.05) is 25.5 Å². The number of halogens is 1. The van der Waals surface area contributed by atoms with Gasteiger partial charge in [0.15, 0.2) is 21.5 Å². The van der Waals surface area contributed by atoms with Gasteiger partial charge in [-0.25, -0.2) is 18.8 Å². The third-order valence-electron chi connectivity index (χ3n) is 7.93. The van der Waals surface area contributed by atoms with Gasteiger partial charge in [0.05, 0.1) is 17.3 Å². The Morgan fingerprint density at radius 1 is 1.02 bits per heavy atom. The summed E-state index contributed by atoms with van der Waals surface area (Å²) in [4.78, 5) is 22.3. The van der Waals surface area contributed by atoms with Crippen LogP contribution < -0.4 is 15.6 Å². The molecular weight excluding hydrogens is 668 g/mol. The number of hydrazine groups is 1. The summed E-state index contributed by atoms with van der Waals surface area (Å²) in [7, 11) is -3.87. The van der Waals surface area contributed by atoms with Crippen LogP contribution in [0.4, 0.5) is 5.69 Å². The summed E-state index contributed by atoms with van der Waals surface area (Å²) in [6.45, 7) is 0.637. The molecule has 0 aliphatic carbocycles. The van der Waals surface area contributed by atoms with Crippen molar-refractivity contribution in [2.24, 2.45) is 10.1 Å². The van der Waals surface area contributed by atoms with E-state index < -0.39 is 33.1 Å². The Balaban J connectivity index is 1.53. The highest BCUT2D eigenvalue weighted by atomic mass is 35.5. The lowest BCUT2D eigenvalue weighted by molar-refractivity contribution is -0.130. The molecular formula is C35H35ClN6O6S. The third-order valence-corrected chi connectivity index (χ3v) is 10.0. The maximum Gasteiger partial charge on any atom is 0.266 e. The Bertz CT molecular complexity index is 1940. The average molecular weight is 703 g/mol. The van der Waals surface area contributed by atoms with Gasteiger partial charge < -0.3 is 14.6 Å². The number of hydrogen-bond donors (Lipinski definition) is 3. The van der Waals surface area contributed by atoms with Crippen molar-refractivity contribution in [2.45, 2.75) is 35.8 Å². The van der Waals surface area contributed by atoms with E-state index in [1.807, 2.05) is 18.2 Å². The van der Waals surface area contributed by atoms with Crippen molar-refractivity contribution >= 4 is 38.9 Å². The molecule has 4 aromatic carbocycles. The number of azide groups is 1. The maximum atomic E-state index is 14.4. The summed E-state index contributed by atoms with van der Waals surface area (Å²) >= 11 is 6.31. The number of hydrogen-bond acceptors (Lipinski definition) is 9. The Kier molecular flexibility index (Phi) is 11.9. The molecule has 1 heterocycles. The smallest absolute Gasteiger partial charge is 0.266 e. The molecule has 3 N–H and O–H groups in total. The summed E-state index contributed by atoms with van der Waals surface area (Å²) in [6.07, 6.45) is -0.486. The van der Waals surface area contributed by atoms with E-state index >= 15 is 0 Å². The number of aliphatic hydroxyl groups excluding tert-OH is 1. The molecule has 0 bridgehead atoms. The van der Waals surface area contributed by atoms with Crippen LogP contribution in [0.2, 0.25) is 5.02 Å². The molecule has 1 aliphatic heterocycles. The Hall–Kier alpha value is -4.91. The molecule has 2 atom stereocenters. The van der Waals surface area contributed by atoms with Gasteiger partial charge in [0, 0.05) is 52.7 Å². The van der Waals surface area contributed by atoms with Gasteiger partial charge in [-0.1, -0.05) is 77.4 Å². The van der Waals surface area contributed by atoms with Crippen LogP contribution in [0.1, 0.15) is 35.6 Å². The van der Waals surface area contributed by atoms with Crippen molar-refractivity contribution < 1.29 is 27.8 Å². The maximum absolute atomic E-state index is 14.4. The predicted molar refractivity (Wildman–Crippen MR) is 186 cm³/mol. The monoisotopic (exact) mass is 702 g/mol. The van der Waals surface area contributed by atoms with Crippen LogP contribution >= 0.6 is 11.6 Å². The van der Waals surface area contributed by atoms with E-state index in [0.29, 0.717) is 47.9 Å². The van der Waals surface area contributed by atoms with Gasteiger partial charge in [-0.15, -0.1) is 0 Å². The molecule has 49 heavy (non-hydrogen) atoms. The zero-order valence-corrected chi connectivity index (χ0v) is 28.0. The molecule has 0 radical (unpaired) electrons. The zero-order valence-electron chi connectivity index (χ0n) is 26.4. The summed E-state index contributed by atoms with van der Waals surface area (Å²) in [5.41, 5.74) is 15.1. The minimum absolute atomic E-state index is 0.000433. The second kappa shape index (κ2) is 16.5. The van der Waals surface area contributed by atoms with Crippen LogP contribution in [0.5, 0.6) is 5.75 Å². The lowest BCUT2D eigenvalue weighted by atomic mass is 9.84. The van der Waals surface area contributed by atoms with E-state index in [1.165, 1.54) is 12.1 Å². The minimum Gasteiger partial charge on any atom is -0.494 e. The van der Waals surface area contributed by atoms with E-state index in [4.69, 9.17) is 31.2 Å². The van der Waals surface area contributed by atoms with Crippen LogP contribution in [0.3, 0.4) is 0 Å². The molecule has 12 nitrogen and oxygen atoms in total. The van der Waals surface area contributed by atoms with Gasteiger partial charge in [0.1, 0.15) is 5.75 Å². The Morgan fingerprint density at radius 2 is 1.73 bits per heavy atom. The fourth-order valence-corrected chi connectivity index (χ4v) is 7.00. The highest BCUT2D eigenvalue weighted by Gasteiger charge is 2.54. The van der Waals surface area contributed by atoms with Gasteiger partial charge in [-0.3, -0.25) is 10.2 Å². The van der Waals surface area contributed by atoms with Crippen molar-refractivity contribution in [3.63, 3.8) is 0 Å². The predicted octanol–water partition coefficient (Wildman–Crippen LogP) is 6.03. The fourth-order valence-electron chi connectivity index (χ4n) is 5.38. The first-order valence-electron chi connectivity index (χ1n) is 15.6. The second-order valence-corrected chi connectivity index (χ2v) is 13.7. The number of sulfone groups is 1. The standard InChI is InChI=1S/C35H35ClN6O6S/c36-30-13-6-4-9-25(30)19-21-38-41-34(44)35(20-24-49(45,46)28-10-2-1-3-11-28)32(29-12-5-7-14-31(29)40-42-37)48-33(39-35)26-15-17-27(18-16-26)47-23-8-22-43/h1-7,9-18,32,38,43H,8,19-24H2,(H,41,44)/t32-,35-/m0/s1. The largest absolute Gasteiger partial charge is 0.494 e. The van der Waals surface area contributed by atoms with Crippen molar-refractivity contribution in [3.05, 3.63) is 135 Å².